The maximum Gasteiger partial charge on any atom is 0.247 e. The molecule has 1 aliphatic carbocycles. The van der Waals surface area contributed by atoms with Gasteiger partial charge in [-0.3, -0.25) is 14.6 Å². The summed E-state index contributed by atoms with van der Waals surface area (Å²) < 4.78 is 1.75. The summed E-state index contributed by atoms with van der Waals surface area (Å²) in [5, 5.41) is 14.7. The van der Waals surface area contributed by atoms with E-state index in [4.69, 9.17) is 0 Å². The third-order valence-electron chi connectivity index (χ3n) is 3.91. The summed E-state index contributed by atoms with van der Waals surface area (Å²) in [5.41, 5.74) is 4.87. The Morgan fingerprint density at radius 2 is 2.24 bits per heavy atom. The van der Waals surface area contributed by atoms with E-state index in [1.165, 1.54) is 36.6 Å². The second kappa shape index (κ2) is 5.55. The van der Waals surface area contributed by atoms with Gasteiger partial charge < -0.3 is 5.32 Å². The SMILES string of the molecule is C=CC(=O)Nc1cnn(C)c1-c1n[nH]c2c1CCCCC2. The Kier molecular flexibility index (Phi) is 3.60. The molecule has 0 fully saturated rings. The van der Waals surface area contributed by atoms with Crippen molar-refractivity contribution in [3.8, 4) is 11.4 Å². The highest BCUT2D eigenvalue weighted by molar-refractivity contribution is 6.01. The highest BCUT2D eigenvalue weighted by Gasteiger charge is 2.22. The summed E-state index contributed by atoms with van der Waals surface area (Å²) in [6.45, 7) is 3.48. The van der Waals surface area contributed by atoms with E-state index in [1.54, 1.807) is 10.9 Å². The van der Waals surface area contributed by atoms with Crippen LogP contribution < -0.4 is 5.32 Å². The van der Waals surface area contributed by atoms with Gasteiger partial charge in [-0.2, -0.15) is 10.2 Å². The Morgan fingerprint density at radius 1 is 1.43 bits per heavy atom. The van der Waals surface area contributed by atoms with Gasteiger partial charge >= 0.3 is 0 Å². The molecule has 0 saturated carbocycles. The zero-order valence-corrected chi connectivity index (χ0v) is 12.1. The molecule has 0 aromatic carbocycles. The number of H-pyrrole nitrogens is 1. The van der Waals surface area contributed by atoms with Gasteiger partial charge in [0.1, 0.15) is 11.4 Å². The fourth-order valence-electron chi connectivity index (χ4n) is 2.85. The smallest absolute Gasteiger partial charge is 0.247 e. The van der Waals surface area contributed by atoms with Crippen LogP contribution in [0.2, 0.25) is 0 Å². The molecule has 0 spiro atoms. The van der Waals surface area contributed by atoms with Crippen molar-refractivity contribution < 1.29 is 4.79 Å². The number of aromatic amines is 1. The van der Waals surface area contributed by atoms with E-state index in [9.17, 15) is 4.79 Å². The van der Waals surface area contributed by atoms with Crippen molar-refractivity contribution >= 4 is 11.6 Å². The van der Waals surface area contributed by atoms with E-state index < -0.39 is 0 Å². The van der Waals surface area contributed by atoms with E-state index in [-0.39, 0.29) is 5.91 Å². The largest absolute Gasteiger partial charge is 0.319 e. The van der Waals surface area contributed by atoms with Gasteiger partial charge in [-0.1, -0.05) is 13.0 Å². The first-order valence-electron chi connectivity index (χ1n) is 7.22. The normalized spacial score (nSPS) is 14.3. The Morgan fingerprint density at radius 3 is 3.05 bits per heavy atom. The molecule has 0 radical (unpaired) electrons. The van der Waals surface area contributed by atoms with E-state index in [1.807, 2.05) is 7.05 Å². The van der Waals surface area contributed by atoms with Crippen LogP contribution in [0.15, 0.2) is 18.9 Å². The minimum atomic E-state index is -0.245. The van der Waals surface area contributed by atoms with Crippen LogP contribution in [-0.2, 0) is 24.7 Å². The van der Waals surface area contributed by atoms with E-state index in [0.717, 1.165) is 24.2 Å². The number of amides is 1. The summed E-state index contributed by atoms with van der Waals surface area (Å²) in [6, 6.07) is 0. The zero-order valence-electron chi connectivity index (χ0n) is 12.1. The van der Waals surface area contributed by atoms with Gasteiger partial charge in [0.2, 0.25) is 5.91 Å². The lowest BCUT2D eigenvalue weighted by molar-refractivity contribution is -0.111. The van der Waals surface area contributed by atoms with E-state index >= 15 is 0 Å². The number of fused-ring (bicyclic) bond motifs is 1. The van der Waals surface area contributed by atoms with E-state index in [2.05, 4.69) is 27.2 Å². The van der Waals surface area contributed by atoms with Gasteiger partial charge in [-0.15, -0.1) is 0 Å². The van der Waals surface area contributed by atoms with Gasteiger partial charge in [-0.05, 0) is 31.8 Å². The van der Waals surface area contributed by atoms with Crippen LogP contribution in [0.1, 0.15) is 30.5 Å². The lowest BCUT2D eigenvalue weighted by atomic mass is 10.1. The molecule has 6 heteroatoms. The Labute approximate surface area is 123 Å². The van der Waals surface area contributed by atoms with Crippen molar-refractivity contribution in [1.29, 1.82) is 0 Å². The van der Waals surface area contributed by atoms with Crippen LogP contribution in [-0.4, -0.2) is 25.9 Å². The van der Waals surface area contributed by atoms with Crippen molar-refractivity contribution in [3.63, 3.8) is 0 Å². The van der Waals surface area contributed by atoms with Gasteiger partial charge in [0.05, 0.1) is 11.9 Å². The number of hydrogen-bond acceptors (Lipinski definition) is 3. The zero-order chi connectivity index (χ0) is 14.8. The summed E-state index contributed by atoms with van der Waals surface area (Å²) in [4.78, 5) is 11.6. The van der Waals surface area contributed by atoms with Gasteiger partial charge in [0.15, 0.2) is 0 Å². The third-order valence-corrected chi connectivity index (χ3v) is 3.91. The van der Waals surface area contributed by atoms with Crippen LogP contribution in [0.3, 0.4) is 0 Å². The molecule has 0 aliphatic heterocycles. The molecule has 2 aromatic heterocycles. The average molecular weight is 285 g/mol. The number of nitrogens with one attached hydrogen (secondary N) is 2. The Balaban J connectivity index is 2.04. The van der Waals surface area contributed by atoms with Crippen molar-refractivity contribution in [2.75, 3.05) is 5.32 Å². The molecule has 0 atom stereocenters. The van der Waals surface area contributed by atoms with Crippen molar-refractivity contribution in [3.05, 3.63) is 30.1 Å². The molecule has 110 valence electrons. The minimum absolute atomic E-state index is 0.245. The molecule has 0 unspecified atom stereocenters. The second-order valence-corrected chi connectivity index (χ2v) is 5.31. The van der Waals surface area contributed by atoms with Crippen LogP contribution in [0.4, 0.5) is 5.69 Å². The van der Waals surface area contributed by atoms with Crippen LogP contribution in [0.5, 0.6) is 0 Å². The lowest BCUT2D eigenvalue weighted by Gasteiger charge is -2.07. The molecule has 6 nitrogen and oxygen atoms in total. The number of hydrogen-bond donors (Lipinski definition) is 2. The van der Waals surface area contributed by atoms with Crippen LogP contribution in [0.25, 0.3) is 11.4 Å². The van der Waals surface area contributed by atoms with Gasteiger partial charge in [0.25, 0.3) is 0 Å². The fraction of sp³-hybridized carbons (Fsp3) is 0.400. The number of carbonyl (C=O) groups is 1. The van der Waals surface area contributed by atoms with Gasteiger partial charge in [-0.25, -0.2) is 0 Å². The minimum Gasteiger partial charge on any atom is -0.319 e. The molecule has 2 aromatic rings. The summed E-state index contributed by atoms with van der Waals surface area (Å²) in [7, 11) is 1.86. The first-order chi connectivity index (χ1) is 10.2. The number of aromatic nitrogens is 4. The summed E-state index contributed by atoms with van der Waals surface area (Å²) in [5.74, 6) is -0.245. The lowest BCUT2D eigenvalue weighted by Crippen LogP contribution is -2.08. The van der Waals surface area contributed by atoms with Crippen LogP contribution in [0, 0.1) is 0 Å². The third kappa shape index (κ3) is 2.49. The number of anilines is 1. The standard InChI is InChI=1S/C15H19N5O/c1-3-13(21)17-12-9-16-20(2)15(12)14-10-7-5-4-6-8-11(10)18-19-14/h3,9H,1,4-8H2,2H3,(H,17,21)(H,18,19). The number of nitrogens with zero attached hydrogens (tertiary/aromatic N) is 3. The second-order valence-electron chi connectivity index (χ2n) is 5.31. The highest BCUT2D eigenvalue weighted by atomic mass is 16.1. The molecular weight excluding hydrogens is 266 g/mol. The molecular formula is C15H19N5O. The Bertz CT molecular complexity index is 682. The molecule has 2 heterocycles. The molecule has 0 bridgehead atoms. The highest BCUT2D eigenvalue weighted by Crippen LogP contribution is 2.32. The van der Waals surface area contributed by atoms with Crippen molar-refractivity contribution in [2.24, 2.45) is 7.05 Å². The summed E-state index contributed by atoms with van der Waals surface area (Å²) >= 11 is 0. The molecule has 2 N–H and O–H groups in total. The molecule has 0 saturated heterocycles. The van der Waals surface area contributed by atoms with Gasteiger partial charge in [0, 0.05) is 18.3 Å². The quantitative estimate of drug-likeness (QED) is 0.670. The number of aryl methyl sites for hydroxylation is 2. The monoisotopic (exact) mass is 285 g/mol. The molecule has 1 amide bonds. The van der Waals surface area contributed by atoms with Crippen LogP contribution >= 0.6 is 0 Å². The number of carbonyl (C=O) groups excluding carboxylic acids is 1. The Hall–Kier alpha value is -2.37. The summed E-state index contributed by atoms with van der Waals surface area (Å²) in [6.07, 6.45) is 8.56. The molecule has 3 rings (SSSR count). The first kappa shape index (κ1) is 13.6. The maximum absolute atomic E-state index is 11.6. The molecule has 21 heavy (non-hydrogen) atoms. The van der Waals surface area contributed by atoms with Crippen molar-refractivity contribution in [1.82, 2.24) is 20.0 Å². The molecule has 1 aliphatic rings. The maximum atomic E-state index is 11.6. The average Bonchev–Trinajstić information content (AvgIpc) is 2.94. The fourth-order valence-corrected chi connectivity index (χ4v) is 2.85. The predicted molar refractivity (Wildman–Crippen MR) is 80.9 cm³/mol. The number of rotatable bonds is 3. The first-order valence-corrected chi connectivity index (χ1v) is 7.22. The van der Waals surface area contributed by atoms with Crippen molar-refractivity contribution in [2.45, 2.75) is 32.1 Å². The predicted octanol–water partition coefficient (Wildman–Crippen LogP) is 2.20. The topological polar surface area (TPSA) is 75.6 Å². The van der Waals surface area contributed by atoms with E-state index in [0.29, 0.717) is 5.69 Å².